The molecule has 4 heteroatoms. The third-order valence-corrected chi connectivity index (χ3v) is 3.72. The van der Waals surface area contributed by atoms with Crippen molar-refractivity contribution >= 4 is 31.9 Å². The normalized spacial score (nSPS) is 11.2. The van der Waals surface area contributed by atoms with Gasteiger partial charge in [-0.3, -0.25) is 0 Å². The third kappa shape index (κ3) is 3.46. The highest BCUT2D eigenvalue weighted by atomic mass is 79.9. The second kappa shape index (κ2) is 6.04. The van der Waals surface area contributed by atoms with Gasteiger partial charge < -0.3 is 9.73 Å². The van der Waals surface area contributed by atoms with Crippen LogP contribution >= 0.6 is 31.9 Å². The standard InChI is InChI=1S/C14H15Br2NO/c1-9(2)17-8-11-4-6-14(18-11)12-7-10(15)3-5-13(12)16/h3-7,9,17H,8H2,1-2H3. The molecule has 0 saturated carbocycles. The van der Waals surface area contributed by atoms with E-state index in [1.165, 1.54) is 0 Å². The van der Waals surface area contributed by atoms with Gasteiger partial charge in [-0.05, 0) is 30.3 Å². The van der Waals surface area contributed by atoms with E-state index in [4.69, 9.17) is 4.42 Å². The molecular weight excluding hydrogens is 358 g/mol. The van der Waals surface area contributed by atoms with Gasteiger partial charge in [0, 0.05) is 20.6 Å². The molecule has 2 aromatic rings. The summed E-state index contributed by atoms with van der Waals surface area (Å²) in [4.78, 5) is 0. The molecule has 2 nitrogen and oxygen atoms in total. The summed E-state index contributed by atoms with van der Waals surface area (Å²) in [5.41, 5.74) is 1.06. The molecule has 0 amide bonds. The summed E-state index contributed by atoms with van der Waals surface area (Å²) in [6, 6.07) is 10.5. The van der Waals surface area contributed by atoms with Crippen LogP contribution in [0.25, 0.3) is 11.3 Å². The number of hydrogen-bond acceptors (Lipinski definition) is 2. The highest BCUT2D eigenvalue weighted by Crippen LogP contribution is 2.32. The summed E-state index contributed by atoms with van der Waals surface area (Å²) in [7, 11) is 0. The van der Waals surface area contributed by atoms with Gasteiger partial charge >= 0.3 is 0 Å². The van der Waals surface area contributed by atoms with E-state index in [2.05, 4.69) is 51.0 Å². The first-order valence-corrected chi connectivity index (χ1v) is 7.42. The van der Waals surface area contributed by atoms with Gasteiger partial charge in [0.2, 0.25) is 0 Å². The Hall–Kier alpha value is -0.580. The molecule has 2 rings (SSSR count). The average Bonchev–Trinajstić information content (AvgIpc) is 2.78. The van der Waals surface area contributed by atoms with Crippen LogP contribution in [0, 0.1) is 0 Å². The summed E-state index contributed by atoms with van der Waals surface area (Å²) < 4.78 is 7.91. The lowest BCUT2D eigenvalue weighted by molar-refractivity contribution is 0.473. The molecule has 0 aliphatic carbocycles. The lowest BCUT2D eigenvalue weighted by Gasteiger charge is -2.05. The van der Waals surface area contributed by atoms with Gasteiger partial charge in [0.15, 0.2) is 0 Å². The lowest BCUT2D eigenvalue weighted by atomic mass is 10.2. The number of nitrogens with one attached hydrogen (secondary N) is 1. The van der Waals surface area contributed by atoms with Crippen LogP contribution in [0.5, 0.6) is 0 Å². The largest absolute Gasteiger partial charge is 0.460 e. The van der Waals surface area contributed by atoms with Crippen LogP contribution in [0.15, 0.2) is 43.7 Å². The number of benzene rings is 1. The van der Waals surface area contributed by atoms with E-state index in [-0.39, 0.29) is 0 Å². The maximum Gasteiger partial charge on any atom is 0.135 e. The fourth-order valence-electron chi connectivity index (χ4n) is 1.61. The minimum absolute atomic E-state index is 0.455. The van der Waals surface area contributed by atoms with Gasteiger partial charge in [-0.2, -0.15) is 0 Å². The smallest absolute Gasteiger partial charge is 0.135 e. The van der Waals surface area contributed by atoms with Gasteiger partial charge in [-0.25, -0.2) is 0 Å². The third-order valence-electron chi connectivity index (χ3n) is 2.54. The predicted molar refractivity (Wildman–Crippen MR) is 81.5 cm³/mol. The quantitative estimate of drug-likeness (QED) is 0.819. The van der Waals surface area contributed by atoms with Gasteiger partial charge in [0.1, 0.15) is 11.5 Å². The molecule has 0 spiro atoms. The molecule has 1 aromatic heterocycles. The summed E-state index contributed by atoms with van der Waals surface area (Å²) in [5, 5.41) is 3.34. The predicted octanol–water partition coefficient (Wildman–Crippen LogP) is 4.97. The van der Waals surface area contributed by atoms with E-state index >= 15 is 0 Å². The Balaban J connectivity index is 2.21. The first kappa shape index (κ1) is 13.8. The number of hydrogen-bond donors (Lipinski definition) is 1. The molecule has 18 heavy (non-hydrogen) atoms. The van der Waals surface area contributed by atoms with Gasteiger partial charge in [0.05, 0.1) is 6.54 Å². The first-order valence-electron chi connectivity index (χ1n) is 5.84. The molecular formula is C14H15Br2NO. The van der Waals surface area contributed by atoms with Crippen molar-refractivity contribution in [3.63, 3.8) is 0 Å². The number of halogens is 2. The average molecular weight is 373 g/mol. The van der Waals surface area contributed by atoms with E-state index in [9.17, 15) is 0 Å². The molecule has 0 aliphatic heterocycles. The molecule has 0 bridgehead atoms. The molecule has 96 valence electrons. The Morgan fingerprint density at radius 2 is 1.94 bits per heavy atom. The maximum atomic E-state index is 5.84. The van der Waals surface area contributed by atoms with Crippen LogP contribution in [-0.2, 0) is 6.54 Å². The Bertz CT molecular complexity index is 534. The fourth-order valence-corrected chi connectivity index (χ4v) is 2.41. The second-order valence-electron chi connectivity index (χ2n) is 4.43. The molecule has 0 aliphatic rings. The van der Waals surface area contributed by atoms with E-state index < -0.39 is 0 Å². The summed E-state index contributed by atoms with van der Waals surface area (Å²) >= 11 is 7.02. The Labute approximate surface area is 124 Å². The van der Waals surface area contributed by atoms with Crippen LogP contribution in [0.3, 0.4) is 0 Å². The Morgan fingerprint density at radius 1 is 1.17 bits per heavy atom. The van der Waals surface area contributed by atoms with E-state index in [1.54, 1.807) is 0 Å². The highest BCUT2D eigenvalue weighted by molar-refractivity contribution is 9.11. The number of rotatable bonds is 4. The molecule has 1 N–H and O–H groups in total. The van der Waals surface area contributed by atoms with Crippen molar-refractivity contribution in [1.29, 1.82) is 0 Å². The monoisotopic (exact) mass is 371 g/mol. The van der Waals surface area contributed by atoms with Crippen LogP contribution < -0.4 is 5.32 Å². The van der Waals surface area contributed by atoms with E-state index in [1.807, 2.05) is 30.3 Å². The van der Waals surface area contributed by atoms with E-state index in [0.29, 0.717) is 6.04 Å². The van der Waals surface area contributed by atoms with Crippen molar-refractivity contribution in [2.24, 2.45) is 0 Å². The van der Waals surface area contributed by atoms with Gasteiger partial charge in [-0.1, -0.05) is 45.7 Å². The summed E-state index contributed by atoms with van der Waals surface area (Å²) in [6.45, 7) is 4.99. The molecule has 0 radical (unpaired) electrons. The van der Waals surface area contributed by atoms with Crippen molar-refractivity contribution in [2.45, 2.75) is 26.4 Å². The molecule has 0 atom stereocenters. The zero-order valence-electron chi connectivity index (χ0n) is 10.3. The Morgan fingerprint density at radius 3 is 2.67 bits per heavy atom. The van der Waals surface area contributed by atoms with Crippen molar-refractivity contribution in [3.05, 3.63) is 45.0 Å². The van der Waals surface area contributed by atoms with E-state index in [0.717, 1.165) is 32.6 Å². The molecule has 0 unspecified atom stereocenters. The molecule has 0 saturated heterocycles. The molecule has 1 aromatic carbocycles. The molecule has 0 fully saturated rings. The first-order chi connectivity index (χ1) is 8.56. The maximum absolute atomic E-state index is 5.84. The SMILES string of the molecule is CC(C)NCc1ccc(-c2cc(Br)ccc2Br)o1. The zero-order chi connectivity index (χ0) is 13.1. The van der Waals surface area contributed by atoms with Gasteiger partial charge in [0.25, 0.3) is 0 Å². The fraction of sp³-hybridized carbons (Fsp3) is 0.286. The summed E-state index contributed by atoms with van der Waals surface area (Å²) in [5.74, 6) is 1.83. The minimum Gasteiger partial charge on any atom is -0.460 e. The topological polar surface area (TPSA) is 25.2 Å². The Kier molecular flexibility index (Phi) is 4.65. The van der Waals surface area contributed by atoms with Gasteiger partial charge in [-0.15, -0.1) is 0 Å². The molecule has 1 heterocycles. The van der Waals surface area contributed by atoms with Crippen molar-refractivity contribution in [2.75, 3.05) is 0 Å². The highest BCUT2D eigenvalue weighted by Gasteiger charge is 2.09. The van der Waals surface area contributed by atoms with Crippen molar-refractivity contribution in [1.82, 2.24) is 5.32 Å². The van der Waals surface area contributed by atoms with Crippen LogP contribution in [0.1, 0.15) is 19.6 Å². The van der Waals surface area contributed by atoms with Crippen LogP contribution in [0.4, 0.5) is 0 Å². The second-order valence-corrected chi connectivity index (χ2v) is 6.20. The minimum atomic E-state index is 0.455. The van der Waals surface area contributed by atoms with Crippen molar-refractivity contribution in [3.8, 4) is 11.3 Å². The van der Waals surface area contributed by atoms with Crippen molar-refractivity contribution < 1.29 is 4.42 Å². The van der Waals surface area contributed by atoms with Crippen LogP contribution in [0.2, 0.25) is 0 Å². The van der Waals surface area contributed by atoms with Crippen LogP contribution in [-0.4, -0.2) is 6.04 Å². The number of furan rings is 1. The lowest BCUT2D eigenvalue weighted by Crippen LogP contribution is -2.21. The zero-order valence-corrected chi connectivity index (χ0v) is 13.5. The summed E-state index contributed by atoms with van der Waals surface area (Å²) in [6.07, 6.45) is 0.